The van der Waals surface area contributed by atoms with Crippen LogP contribution in [0.5, 0.6) is 11.5 Å². The van der Waals surface area contributed by atoms with Gasteiger partial charge in [-0.05, 0) is 43.7 Å². The van der Waals surface area contributed by atoms with Crippen LogP contribution >= 0.6 is 0 Å². The second-order valence-corrected chi connectivity index (χ2v) is 7.92. The molecule has 2 heterocycles. The normalized spacial score (nSPS) is 20.5. The molecule has 1 saturated carbocycles. The van der Waals surface area contributed by atoms with Crippen LogP contribution in [-0.2, 0) is 9.59 Å². The number of nitrogens with one attached hydrogen (secondary N) is 1. The Morgan fingerprint density at radius 3 is 2.52 bits per heavy atom. The van der Waals surface area contributed by atoms with Crippen LogP contribution in [-0.4, -0.2) is 36.6 Å². The molecule has 4 rings (SSSR count). The average Bonchev–Trinajstić information content (AvgIpc) is 3.16. The van der Waals surface area contributed by atoms with Crippen LogP contribution in [0.25, 0.3) is 0 Å². The second-order valence-electron chi connectivity index (χ2n) is 7.92. The summed E-state index contributed by atoms with van der Waals surface area (Å²) in [5, 5.41) is 2.97. The predicted octanol–water partition coefficient (Wildman–Crippen LogP) is 3.56. The average molecular weight is 372 g/mol. The van der Waals surface area contributed by atoms with Gasteiger partial charge in [-0.25, -0.2) is 0 Å². The zero-order chi connectivity index (χ0) is 18.6. The fourth-order valence-electron chi connectivity index (χ4n) is 4.38. The molecule has 3 aliphatic rings. The van der Waals surface area contributed by atoms with Crippen molar-refractivity contribution in [2.45, 2.75) is 51.4 Å². The van der Waals surface area contributed by atoms with E-state index >= 15 is 0 Å². The summed E-state index contributed by atoms with van der Waals surface area (Å²) in [5.74, 6) is 2.19. The lowest BCUT2D eigenvalue weighted by Crippen LogP contribution is -2.42. The molecule has 1 saturated heterocycles. The van der Waals surface area contributed by atoms with Crippen molar-refractivity contribution in [2.75, 3.05) is 25.2 Å². The van der Waals surface area contributed by atoms with Crippen molar-refractivity contribution in [3.8, 4) is 11.5 Å². The van der Waals surface area contributed by atoms with Crippen LogP contribution in [0.2, 0.25) is 0 Å². The van der Waals surface area contributed by atoms with E-state index in [1.54, 1.807) is 6.07 Å². The molecule has 6 nitrogen and oxygen atoms in total. The number of rotatable bonds is 4. The molecule has 1 aliphatic carbocycles. The van der Waals surface area contributed by atoms with Gasteiger partial charge in [0.15, 0.2) is 11.5 Å². The van der Waals surface area contributed by atoms with Gasteiger partial charge in [-0.15, -0.1) is 0 Å². The molecule has 0 radical (unpaired) electrons. The van der Waals surface area contributed by atoms with E-state index in [4.69, 9.17) is 9.47 Å². The van der Waals surface area contributed by atoms with Gasteiger partial charge in [0.25, 0.3) is 0 Å². The summed E-state index contributed by atoms with van der Waals surface area (Å²) in [4.78, 5) is 27.1. The maximum absolute atomic E-state index is 12.6. The molecular weight excluding hydrogens is 344 g/mol. The molecule has 0 spiro atoms. The van der Waals surface area contributed by atoms with Crippen molar-refractivity contribution in [3.05, 3.63) is 18.2 Å². The number of hydrogen-bond acceptors (Lipinski definition) is 4. The van der Waals surface area contributed by atoms with Gasteiger partial charge in [0, 0.05) is 37.2 Å². The fourth-order valence-corrected chi connectivity index (χ4v) is 4.38. The quantitative estimate of drug-likeness (QED) is 0.877. The molecule has 1 aromatic rings. The summed E-state index contributed by atoms with van der Waals surface area (Å²) >= 11 is 0. The standard InChI is InChI=1S/C21H28N2O4/c24-20(12-15-4-2-1-3-5-15)23-10-8-16(9-11-23)21(25)22-17-6-7-18-19(13-17)27-14-26-18/h6-7,13,15-16H,1-5,8-12,14H2,(H,22,25). The van der Waals surface area contributed by atoms with E-state index in [1.807, 2.05) is 17.0 Å². The number of ether oxygens (including phenoxy) is 2. The van der Waals surface area contributed by atoms with E-state index in [9.17, 15) is 9.59 Å². The van der Waals surface area contributed by atoms with Crippen molar-refractivity contribution in [3.63, 3.8) is 0 Å². The van der Waals surface area contributed by atoms with Crippen LogP contribution in [0.3, 0.4) is 0 Å². The Balaban J connectivity index is 1.24. The SMILES string of the molecule is O=C(Nc1ccc2c(c1)OCO2)C1CCN(C(=O)CC2CCCCC2)CC1. The molecule has 1 N–H and O–H groups in total. The van der Waals surface area contributed by atoms with Gasteiger partial charge in [0.2, 0.25) is 18.6 Å². The molecular formula is C21H28N2O4. The van der Waals surface area contributed by atoms with Crippen LogP contribution in [0.15, 0.2) is 18.2 Å². The van der Waals surface area contributed by atoms with E-state index in [-0.39, 0.29) is 24.5 Å². The van der Waals surface area contributed by atoms with Crippen LogP contribution in [0, 0.1) is 11.8 Å². The van der Waals surface area contributed by atoms with Crippen LogP contribution in [0.1, 0.15) is 51.4 Å². The van der Waals surface area contributed by atoms with E-state index in [0.717, 1.165) is 18.5 Å². The minimum atomic E-state index is -0.0471. The van der Waals surface area contributed by atoms with Crippen molar-refractivity contribution >= 4 is 17.5 Å². The molecule has 0 unspecified atom stereocenters. The summed E-state index contributed by atoms with van der Waals surface area (Å²) in [5.41, 5.74) is 0.722. The minimum absolute atomic E-state index is 0.0215. The Hall–Kier alpha value is -2.24. The third-order valence-electron chi connectivity index (χ3n) is 6.05. The largest absolute Gasteiger partial charge is 0.454 e. The van der Waals surface area contributed by atoms with Crippen molar-refractivity contribution in [2.24, 2.45) is 11.8 Å². The number of benzene rings is 1. The first-order valence-corrected chi connectivity index (χ1v) is 10.2. The zero-order valence-corrected chi connectivity index (χ0v) is 15.7. The number of carbonyl (C=O) groups is 2. The Morgan fingerprint density at radius 1 is 1.00 bits per heavy atom. The number of amides is 2. The number of piperidine rings is 1. The number of fused-ring (bicyclic) bond motifs is 1. The molecule has 0 aromatic heterocycles. The Bertz CT molecular complexity index is 691. The van der Waals surface area contributed by atoms with Gasteiger partial charge >= 0.3 is 0 Å². The van der Waals surface area contributed by atoms with E-state index in [2.05, 4.69) is 5.32 Å². The zero-order valence-electron chi connectivity index (χ0n) is 15.7. The molecule has 2 aliphatic heterocycles. The number of likely N-dealkylation sites (tertiary alicyclic amines) is 1. The topological polar surface area (TPSA) is 67.9 Å². The molecule has 0 atom stereocenters. The first kappa shape index (κ1) is 18.1. The van der Waals surface area contributed by atoms with Gasteiger partial charge in [-0.2, -0.15) is 0 Å². The van der Waals surface area contributed by atoms with Gasteiger partial charge < -0.3 is 19.7 Å². The monoisotopic (exact) mass is 372 g/mol. The minimum Gasteiger partial charge on any atom is -0.454 e. The number of carbonyl (C=O) groups excluding carboxylic acids is 2. The fraction of sp³-hybridized carbons (Fsp3) is 0.619. The molecule has 2 amide bonds. The van der Waals surface area contributed by atoms with Gasteiger partial charge in [-0.3, -0.25) is 9.59 Å². The number of nitrogens with zero attached hydrogens (tertiary/aromatic N) is 1. The number of anilines is 1. The highest BCUT2D eigenvalue weighted by atomic mass is 16.7. The van der Waals surface area contributed by atoms with Crippen molar-refractivity contribution in [1.82, 2.24) is 4.90 Å². The van der Waals surface area contributed by atoms with E-state index < -0.39 is 0 Å². The van der Waals surface area contributed by atoms with Gasteiger partial charge in [-0.1, -0.05) is 19.3 Å². The molecule has 1 aromatic carbocycles. The molecule has 27 heavy (non-hydrogen) atoms. The van der Waals surface area contributed by atoms with Gasteiger partial charge in [0.05, 0.1) is 0 Å². The predicted molar refractivity (Wildman–Crippen MR) is 102 cm³/mol. The molecule has 146 valence electrons. The summed E-state index contributed by atoms with van der Waals surface area (Å²) in [6.45, 7) is 1.59. The molecule has 2 fully saturated rings. The summed E-state index contributed by atoms with van der Waals surface area (Å²) in [7, 11) is 0. The maximum Gasteiger partial charge on any atom is 0.231 e. The lowest BCUT2D eigenvalue weighted by molar-refractivity contribution is -0.135. The summed E-state index contributed by atoms with van der Waals surface area (Å²) in [6, 6.07) is 5.43. The lowest BCUT2D eigenvalue weighted by atomic mass is 9.86. The van der Waals surface area contributed by atoms with Crippen LogP contribution < -0.4 is 14.8 Å². The Kier molecular flexibility index (Phi) is 5.50. The third-order valence-corrected chi connectivity index (χ3v) is 6.05. The smallest absolute Gasteiger partial charge is 0.231 e. The molecule has 6 heteroatoms. The second kappa shape index (κ2) is 8.19. The highest BCUT2D eigenvalue weighted by Crippen LogP contribution is 2.34. The summed E-state index contributed by atoms with van der Waals surface area (Å²) < 4.78 is 10.6. The lowest BCUT2D eigenvalue weighted by Gasteiger charge is -2.33. The first-order valence-electron chi connectivity index (χ1n) is 10.2. The highest BCUT2D eigenvalue weighted by molar-refractivity contribution is 5.93. The third kappa shape index (κ3) is 4.37. The summed E-state index contributed by atoms with van der Waals surface area (Å²) in [6.07, 6.45) is 8.38. The highest BCUT2D eigenvalue weighted by Gasteiger charge is 2.29. The van der Waals surface area contributed by atoms with E-state index in [1.165, 1.54) is 32.1 Å². The Labute approximate surface area is 160 Å². The van der Waals surface area contributed by atoms with E-state index in [0.29, 0.717) is 36.9 Å². The number of hydrogen-bond donors (Lipinski definition) is 1. The Morgan fingerprint density at radius 2 is 1.74 bits per heavy atom. The first-order chi connectivity index (χ1) is 13.2. The van der Waals surface area contributed by atoms with Crippen molar-refractivity contribution < 1.29 is 19.1 Å². The maximum atomic E-state index is 12.6. The van der Waals surface area contributed by atoms with Crippen molar-refractivity contribution in [1.29, 1.82) is 0 Å². The van der Waals surface area contributed by atoms with Crippen LogP contribution in [0.4, 0.5) is 5.69 Å². The van der Waals surface area contributed by atoms with Gasteiger partial charge in [0.1, 0.15) is 0 Å². The molecule has 0 bridgehead atoms.